The van der Waals surface area contributed by atoms with Crippen molar-refractivity contribution >= 4 is 23.5 Å². The van der Waals surface area contributed by atoms with E-state index in [2.05, 4.69) is 32.3 Å². The van der Waals surface area contributed by atoms with Crippen LogP contribution in [-0.4, -0.2) is 67.5 Å². The van der Waals surface area contributed by atoms with Crippen molar-refractivity contribution in [2.45, 2.75) is 39.2 Å². The predicted octanol–water partition coefficient (Wildman–Crippen LogP) is 2.73. The second kappa shape index (κ2) is 11.4. The molecular weight excluding hydrogens is 386 g/mol. The quantitative estimate of drug-likeness (QED) is 0.527. The topological polar surface area (TPSA) is 60.0 Å². The summed E-state index contributed by atoms with van der Waals surface area (Å²) in [6.07, 6.45) is 4.61. The van der Waals surface area contributed by atoms with Gasteiger partial charge in [-0.2, -0.15) is 0 Å². The normalized spacial score (nSPS) is 18.8. The first-order valence-electron chi connectivity index (χ1n) is 10.9. The van der Waals surface area contributed by atoms with Crippen LogP contribution in [-0.2, 0) is 11.3 Å². The Balaban J connectivity index is 1.39. The Labute approximate surface area is 179 Å². The van der Waals surface area contributed by atoms with Crippen LogP contribution in [0.5, 0.6) is 0 Å². The van der Waals surface area contributed by atoms with Gasteiger partial charge >= 0.3 is 0 Å². The van der Waals surface area contributed by atoms with Gasteiger partial charge in [0, 0.05) is 56.8 Å². The average molecular weight is 420 g/mol. The van der Waals surface area contributed by atoms with Crippen molar-refractivity contribution in [3.05, 3.63) is 34.9 Å². The minimum absolute atomic E-state index is 0.292. The molecule has 1 aliphatic heterocycles. The molecule has 7 heteroatoms. The molecule has 0 atom stereocenters. The van der Waals surface area contributed by atoms with Crippen LogP contribution in [0.1, 0.15) is 38.2 Å². The van der Waals surface area contributed by atoms with E-state index in [0.717, 1.165) is 75.2 Å². The minimum Gasteiger partial charge on any atom is -0.357 e. The van der Waals surface area contributed by atoms with Gasteiger partial charge in [0.15, 0.2) is 5.96 Å². The number of amides is 1. The molecule has 0 bridgehead atoms. The van der Waals surface area contributed by atoms with Gasteiger partial charge in [0.2, 0.25) is 5.91 Å². The van der Waals surface area contributed by atoms with Crippen LogP contribution < -0.4 is 10.6 Å². The highest BCUT2D eigenvalue weighted by atomic mass is 35.5. The van der Waals surface area contributed by atoms with Crippen LogP contribution in [0.3, 0.4) is 0 Å². The molecule has 0 radical (unpaired) electrons. The second-order valence-corrected chi connectivity index (χ2v) is 8.27. The number of benzene rings is 1. The van der Waals surface area contributed by atoms with E-state index in [-0.39, 0.29) is 0 Å². The zero-order valence-electron chi connectivity index (χ0n) is 17.5. The van der Waals surface area contributed by atoms with E-state index < -0.39 is 0 Å². The van der Waals surface area contributed by atoms with E-state index in [1.54, 1.807) is 0 Å². The fourth-order valence-corrected chi connectivity index (χ4v) is 4.28. The zero-order chi connectivity index (χ0) is 20.5. The van der Waals surface area contributed by atoms with Gasteiger partial charge < -0.3 is 15.5 Å². The van der Waals surface area contributed by atoms with Crippen LogP contribution in [0.4, 0.5) is 0 Å². The third-order valence-electron chi connectivity index (χ3n) is 5.82. The van der Waals surface area contributed by atoms with Crippen LogP contribution in [0, 0.1) is 5.92 Å². The lowest BCUT2D eigenvalue weighted by atomic mass is 10.1. The van der Waals surface area contributed by atoms with E-state index in [4.69, 9.17) is 11.6 Å². The number of rotatable bonds is 7. The van der Waals surface area contributed by atoms with Gasteiger partial charge in [-0.25, -0.2) is 4.99 Å². The second-order valence-electron chi connectivity index (χ2n) is 7.86. The molecule has 1 aliphatic carbocycles. The van der Waals surface area contributed by atoms with Crippen molar-refractivity contribution in [3.8, 4) is 0 Å². The summed E-state index contributed by atoms with van der Waals surface area (Å²) in [6.45, 7) is 8.82. The molecule has 1 aromatic carbocycles. The maximum absolute atomic E-state index is 12.6. The van der Waals surface area contributed by atoms with Crippen molar-refractivity contribution in [2.75, 3.05) is 45.8 Å². The molecule has 1 heterocycles. The number of nitrogens with zero attached hydrogens (tertiary/aromatic N) is 3. The van der Waals surface area contributed by atoms with Crippen molar-refractivity contribution in [1.82, 2.24) is 20.4 Å². The number of carbonyl (C=O) groups is 1. The lowest BCUT2D eigenvalue weighted by Gasteiger charge is -2.36. The molecule has 2 aliphatic rings. The third kappa shape index (κ3) is 6.61. The monoisotopic (exact) mass is 419 g/mol. The molecule has 2 N–H and O–H groups in total. The predicted molar refractivity (Wildman–Crippen MR) is 119 cm³/mol. The van der Waals surface area contributed by atoms with Crippen molar-refractivity contribution < 1.29 is 4.79 Å². The molecule has 160 valence electrons. The Kier molecular flexibility index (Phi) is 8.62. The zero-order valence-corrected chi connectivity index (χ0v) is 18.3. The van der Waals surface area contributed by atoms with E-state index in [1.807, 2.05) is 24.3 Å². The Bertz CT molecular complexity index is 682. The van der Waals surface area contributed by atoms with Gasteiger partial charge in [0.05, 0.1) is 6.54 Å². The highest BCUT2D eigenvalue weighted by Gasteiger charge is 2.29. The summed E-state index contributed by atoms with van der Waals surface area (Å²) < 4.78 is 0. The molecule has 1 saturated heterocycles. The van der Waals surface area contributed by atoms with E-state index >= 15 is 0 Å². The van der Waals surface area contributed by atoms with Crippen LogP contribution >= 0.6 is 11.6 Å². The molecule has 3 rings (SSSR count). The third-order valence-corrected chi connectivity index (χ3v) is 6.19. The number of carbonyl (C=O) groups excluding carboxylic acids is 1. The Morgan fingerprint density at radius 2 is 1.86 bits per heavy atom. The van der Waals surface area contributed by atoms with Gasteiger partial charge in [-0.05, 0) is 31.4 Å². The molecule has 1 saturated carbocycles. The Hall–Kier alpha value is -1.79. The Morgan fingerprint density at radius 3 is 2.55 bits per heavy atom. The van der Waals surface area contributed by atoms with Crippen molar-refractivity contribution in [1.29, 1.82) is 0 Å². The van der Waals surface area contributed by atoms with E-state index in [9.17, 15) is 4.79 Å². The van der Waals surface area contributed by atoms with Gasteiger partial charge in [0.25, 0.3) is 0 Å². The number of hydrogen-bond acceptors (Lipinski definition) is 3. The first-order chi connectivity index (χ1) is 14.2. The standard InChI is InChI=1S/C22H34ClN5O/c1-2-24-22(26-17-19-9-5-6-10-20(19)23)25-11-12-27-13-15-28(16-14-27)21(29)18-7-3-4-8-18/h5-6,9-10,18H,2-4,7-8,11-17H2,1H3,(H2,24,25,26). The highest BCUT2D eigenvalue weighted by molar-refractivity contribution is 6.31. The highest BCUT2D eigenvalue weighted by Crippen LogP contribution is 2.26. The molecule has 1 amide bonds. The van der Waals surface area contributed by atoms with Gasteiger partial charge in [-0.1, -0.05) is 42.6 Å². The summed E-state index contributed by atoms with van der Waals surface area (Å²) in [4.78, 5) is 21.7. The van der Waals surface area contributed by atoms with Gasteiger partial charge in [-0.3, -0.25) is 9.69 Å². The summed E-state index contributed by atoms with van der Waals surface area (Å²) in [5.41, 5.74) is 1.02. The average Bonchev–Trinajstić information content (AvgIpc) is 3.28. The summed E-state index contributed by atoms with van der Waals surface area (Å²) in [5, 5.41) is 7.45. The lowest BCUT2D eigenvalue weighted by molar-refractivity contribution is -0.137. The van der Waals surface area contributed by atoms with Crippen LogP contribution in [0.25, 0.3) is 0 Å². The van der Waals surface area contributed by atoms with Crippen LogP contribution in [0.2, 0.25) is 5.02 Å². The molecule has 2 fully saturated rings. The SMILES string of the molecule is CCNC(=NCc1ccccc1Cl)NCCN1CCN(C(=O)C2CCCC2)CC1. The van der Waals surface area contributed by atoms with E-state index in [0.29, 0.717) is 18.4 Å². The molecule has 0 spiro atoms. The van der Waals surface area contributed by atoms with E-state index in [1.165, 1.54) is 12.8 Å². The molecular formula is C22H34ClN5O. The molecule has 29 heavy (non-hydrogen) atoms. The van der Waals surface area contributed by atoms with Gasteiger partial charge in [0.1, 0.15) is 0 Å². The van der Waals surface area contributed by atoms with Crippen molar-refractivity contribution in [3.63, 3.8) is 0 Å². The minimum atomic E-state index is 0.292. The molecule has 6 nitrogen and oxygen atoms in total. The lowest BCUT2D eigenvalue weighted by Crippen LogP contribution is -2.51. The molecule has 0 aromatic heterocycles. The van der Waals surface area contributed by atoms with Crippen molar-refractivity contribution in [2.24, 2.45) is 10.9 Å². The fraction of sp³-hybridized carbons (Fsp3) is 0.636. The summed E-state index contributed by atoms with van der Waals surface area (Å²) >= 11 is 6.22. The van der Waals surface area contributed by atoms with Gasteiger partial charge in [-0.15, -0.1) is 0 Å². The fourth-order valence-electron chi connectivity index (χ4n) is 4.09. The smallest absolute Gasteiger partial charge is 0.225 e. The maximum atomic E-state index is 12.6. The molecule has 1 aromatic rings. The first kappa shape index (κ1) is 21.9. The van der Waals surface area contributed by atoms with Crippen LogP contribution in [0.15, 0.2) is 29.3 Å². The Morgan fingerprint density at radius 1 is 1.14 bits per heavy atom. The maximum Gasteiger partial charge on any atom is 0.225 e. The molecule has 0 unspecified atom stereocenters. The number of halogens is 1. The number of guanidine groups is 1. The number of hydrogen-bond donors (Lipinski definition) is 2. The largest absolute Gasteiger partial charge is 0.357 e. The number of aliphatic imine (C=N–C) groups is 1. The first-order valence-corrected chi connectivity index (χ1v) is 11.3. The summed E-state index contributed by atoms with van der Waals surface area (Å²) in [7, 11) is 0. The summed E-state index contributed by atoms with van der Waals surface area (Å²) in [6, 6.07) is 7.81. The number of nitrogens with one attached hydrogen (secondary N) is 2. The number of piperazine rings is 1. The summed E-state index contributed by atoms with van der Waals surface area (Å²) in [5.74, 6) is 1.49.